The van der Waals surface area contributed by atoms with Crippen molar-refractivity contribution in [2.45, 2.75) is 19.7 Å². The molecule has 6 nitrogen and oxygen atoms in total. The minimum atomic E-state index is -2.09. The fourth-order valence-corrected chi connectivity index (χ4v) is 8.74. The Labute approximate surface area is 321 Å². The molecule has 55 heavy (non-hydrogen) atoms. The van der Waals surface area contributed by atoms with Crippen LogP contribution < -0.4 is 16.4 Å². The first-order valence-corrected chi connectivity index (χ1v) is 18.9. The van der Waals surface area contributed by atoms with E-state index < -0.39 is 6.15 Å². The largest absolute Gasteiger partial charge is 0.281 e. The molecule has 0 fully saturated rings. The van der Waals surface area contributed by atoms with Crippen molar-refractivity contribution in [3.05, 3.63) is 182 Å². The van der Waals surface area contributed by atoms with Crippen LogP contribution in [-0.4, -0.2) is 36.7 Å². The second-order valence-corrected chi connectivity index (χ2v) is 14.5. The standard InChI is InChI=1S/C48H40BN6/c1-33(2)49(40-43(34-21-9-3-10-22-34)50-51-44(40)35-23-11-4-12-24-35,41-45(36-25-13-5-14-26-36)52-53-46(41)37-27-15-6-16-28-37)42-47(38-29-17-7-18-30-38)54-55-48(42)39-31-19-8-20-32-39/h3-33H,1-2H3,(H,50,51)(H,52,53)(H,54,55)/q-1. The van der Waals surface area contributed by atoms with Crippen LogP contribution in [0.5, 0.6) is 0 Å². The van der Waals surface area contributed by atoms with E-state index in [2.05, 4.69) is 211 Å². The first kappa shape index (κ1) is 33.8. The molecule has 3 N–H and O–H groups in total. The van der Waals surface area contributed by atoms with Gasteiger partial charge in [-0.1, -0.05) is 196 Å². The third-order valence-electron chi connectivity index (χ3n) is 11.1. The topological polar surface area (TPSA) is 86.0 Å². The lowest BCUT2D eigenvalue weighted by Crippen LogP contribution is -2.71. The van der Waals surface area contributed by atoms with Crippen LogP contribution in [0.3, 0.4) is 0 Å². The van der Waals surface area contributed by atoms with Crippen molar-refractivity contribution in [2.75, 3.05) is 0 Å². The van der Waals surface area contributed by atoms with Crippen molar-refractivity contribution in [3.63, 3.8) is 0 Å². The van der Waals surface area contributed by atoms with Crippen LogP contribution in [0.2, 0.25) is 5.82 Å². The summed E-state index contributed by atoms with van der Waals surface area (Å²) >= 11 is 0. The summed E-state index contributed by atoms with van der Waals surface area (Å²) in [7, 11) is 0. The maximum Gasteiger partial charge on any atom is 0.1000 e. The van der Waals surface area contributed by atoms with Crippen LogP contribution in [0.15, 0.2) is 182 Å². The number of H-pyrrole nitrogens is 3. The summed E-state index contributed by atoms with van der Waals surface area (Å²) in [5.41, 5.74) is 15.1. The Morgan fingerprint density at radius 2 is 0.545 bits per heavy atom. The highest BCUT2D eigenvalue weighted by molar-refractivity contribution is 7.15. The number of nitrogens with zero attached hydrogens (tertiary/aromatic N) is 3. The highest BCUT2D eigenvalue weighted by Gasteiger charge is 2.46. The lowest BCUT2D eigenvalue weighted by Gasteiger charge is -2.48. The number of nitrogens with one attached hydrogen (secondary N) is 3. The van der Waals surface area contributed by atoms with Gasteiger partial charge >= 0.3 is 0 Å². The molecule has 0 saturated carbocycles. The second-order valence-electron chi connectivity index (χ2n) is 14.5. The summed E-state index contributed by atoms with van der Waals surface area (Å²) in [6.07, 6.45) is -2.09. The third-order valence-corrected chi connectivity index (χ3v) is 11.1. The molecule has 0 unspecified atom stereocenters. The van der Waals surface area contributed by atoms with Crippen molar-refractivity contribution in [1.29, 1.82) is 0 Å². The van der Waals surface area contributed by atoms with E-state index in [0.717, 1.165) is 83.9 Å². The molecule has 6 aromatic carbocycles. The lowest BCUT2D eigenvalue weighted by molar-refractivity contribution is 1.04. The third kappa shape index (κ3) is 5.81. The minimum Gasteiger partial charge on any atom is -0.281 e. The molecular weight excluding hydrogens is 671 g/mol. The van der Waals surface area contributed by atoms with Crippen LogP contribution in [0.1, 0.15) is 13.8 Å². The molecule has 9 rings (SSSR count). The number of hydrogen-bond acceptors (Lipinski definition) is 3. The van der Waals surface area contributed by atoms with Crippen LogP contribution in [-0.2, 0) is 0 Å². The molecule has 0 spiro atoms. The van der Waals surface area contributed by atoms with E-state index in [-0.39, 0.29) is 5.82 Å². The van der Waals surface area contributed by atoms with E-state index in [1.165, 1.54) is 0 Å². The van der Waals surface area contributed by atoms with Gasteiger partial charge in [-0.15, -0.1) is 16.4 Å². The Balaban J connectivity index is 1.55. The van der Waals surface area contributed by atoms with Crippen LogP contribution in [0.25, 0.3) is 67.5 Å². The van der Waals surface area contributed by atoms with Crippen LogP contribution in [0, 0.1) is 0 Å². The molecule has 266 valence electrons. The van der Waals surface area contributed by atoms with E-state index in [0.29, 0.717) is 0 Å². The molecule has 3 heterocycles. The predicted molar refractivity (Wildman–Crippen MR) is 228 cm³/mol. The van der Waals surface area contributed by atoms with E-state index in [1.807, 2.05) is 0 Å². The van der Waals surface area contributed by atoms with E-state index in [9.17, 15) is 0 Å². The zero-order valence-corrected chi connectivity index (χ0v) is 30.8. The maximum absolute atomic E-state index is 5.27. The normalized spacial score (nSPS) is 11.6. The van der Waals surface area contributed by atoms with Crippen LogP contribution in [0.4, 0.5) is 0 Å². The quantitative estimate of drug-likeness (QED) is 0.124. The highest BCUT2D eigenvalue weighted by Crippen LogP contribution is 2.39. The summed E-state index contributed by atoms with van der Waals surface area (Å²) in [4.78, 5) is 0. The van der Waals surface area contributed by atoms with Gasteiger partial charge in [-0.25, -0.2) is 0 Å². The lowest BCUT2D eigenvalue weighted by atomic mass is 9.09. The van der Waals surface area contributed by atoms with Gasteiger partial charge in [0.15, 0.2) is 0 Å². The summed E-state index contributed by atoms with van der Waals surface area (Å²) in [5.74, 6) is -0.0208. The summed E-state index contributed by atoms with van der Waals surface area (Å²) < 4.78 is 0. The summed E-state index contributed by atoms with van der Waals surface area (Å²) in [6.45, 7) is 4.70. The van der Waals surface area contributed by atoms with Gasteiger partial charge in [0, 0.05) is 17.1 Å². The van der Waals surface area contributed by atoms with E-state index in [4.69, 9.17) is 15.3 Å². The molecule has 0 amide bonds. The van der Waals surface area contributed by atoms with Crippen molar-refractivity contribution < 1.29 is 0 Å². The molecule has 3 aromatic heterocycles. The Hall–Kier alpha value is -6.99. The number of rotatable bonds is 10. The average Bonchev–Trinajstić information content (AvgIpc) is 4.02. The van der Waals surface area contributed by atoms with Gasteiger partial charge in [-0.3, -0.25) is 15.3 Å². The first-order valence-electron chi connectivity index (χ1n) is 18.9. The Kier molecular flexibility index (Phi) is 8.88. The molecule has 0 aliphatic carbocycles. The fraction of sp³-hybridized carbons (Fsp3) is 0.0625. The average molecular weight is 712 g/mol. The molecular formula is C48H40BN6-. The second kappa shape index (κ2) is 14.4. The van der Waals surface area contributed by atoms with E-state index >= 15 is 0 Å². The minimum absolute atomic E-state index is 0.0208. The number of benzene rings is 6. The maximum atomic E-state index is 5.27. The van der Waals surface area contributed by atoms with Gasteiger partial charge in [0.2, 0.25) is 0 Å². The molecule has 0 aliphatic heterocycles. The van der Waals surface area contributed by atoms with Gasteiger partial charge in [0.1, 0.15) is 0 Å². The first-order chi connectivity index (χ1) is 27.2. The van der Waals surface area contributed by atoms with Crippen molar-refractivity contribution in [1.82, 2.24) is 30.6 Å². The molecule has 0 bridgehead atoms. The summed E-state index contributed by atoms with van der Waals surface area (Å²) in [5, 5.41) is 26.7. The fourth-order valence-electron chi connectivity index (χ4n) is 8.74. The van der Waals surface area contributed by atoms with Crippen molar-refractivity contribution in [2.24, 2.45) is 0 Å². The molecule has 7 heteroatoms. The molecule has 0 radical (unpaired) electrons. The van der Waals surface area contributed by atoms with E-state index in [1.54, 1.807) is 0 Å². The molecule has 0 atom stereocenters. The Morgan fingerprint density at radius 3 is 0.764 bits per heavy atom. The molecule has 0 aliphatic rings. The number of aromatic amines is 3. The van der Waals surface area contributed by atoms with Gasteiger partial charge in [-0.05, 0) is 33.4 Å². The van der Waals surface area contributed by atoms with Crippen LogP contribution >= 0.6 is 0 Å². The highest BCUT2D eigenvalue weighted by atomic mass is 15.1. The summed E-state index contributed by atoms with van der Waals surface area (Å²) in [6, 6.07) is 63.4. The SMILES string of the molecule is CC(C)[B-](c1c(-c2ccccc2)n[nH]c1-c1ccccc1)(c1c(-c2ccccc2)n[nH]c1-c1ccccc1)c1c(-c2ccccc2)n[nH]c1-c1ccccc1. The Morgan fingerprint density at radius 1 is 0.327 bits per heavy atom. The Bertz CT molecular complexity index is 2190. The van der Waals surface area contributed by atoms with Gasteiger partial charge < -0.3 is 0 Å². The zero-order valence-electron chi connectivity index (χ0n) is 30.8. The zero-order chi connectivity index (χ0) is 37.2. The van der Waals surface area contributed by atoms with Gasteiger partial charge in [0.25, 0.3) is 0 Å². The number of hydrogen-bond donors (Lipinski definition) is 3. The smallest absolute Gasteiger partial charge is 0.1000 e. The van der Waals surface area contributed by atoms with Crippen molar-refractivity contribution in [3.8, 4) is 67.5 Å². The predicted octanol–water partition coefficient (Wildman–Crippen LogP) is 9.74. The van der Waals surface area contributed by atoms with Gasteiger partial charge in [-0.2, -0.15) is 21.1 Å². The monoisotopic (exact) mass is 711 g/mol. The van der Waals surface area contributed by atoms with Gasteiger partial charge in [0.05, 0.1) is 23.2 Å². The molecule has 0 saturated heterocycles. The molecule has 9 aromatic rings. The van der Waals surface area contributed by atoms with Crippen molar-refractivity contribution >= 4 is 22.5 Å². The number of aromatic nitrogens is 6.